The maximum atomic E-state index is 12.6. The Balaban J connectivity index is 1.71. The van der Waals surface area contributed by atoms with Crippen molar-refractivity contribution in [2.24, 2.45) is 0 Å². The second-order valence-electron chi connectivity index (χ2n) is 6.18. The van der Waals surface area contributed by atoms with Gasteiger partial charge in [0.05, 0.1) is 5.69 Å². The number of carbonyl (C=O) groups excluding carboxylic acids is 2. The molecule has 3 amide bonds. The lowest BCUT2D eigenvalue weighted by molar-refractivity contribution is -0.123. The van der Waals surface area contributed by atoms with Crippen LogP contribution in [-0.2, 0) is 14.8 Å². The number of fused-ring (bicyclic) bond motifs is 1. The molecule has 152 valence electrons. The molecule has 29 heavy (non-hydrogen) atoms. The Morgan fingerprint density at radius 3 is 2.69 bits per heavy atom. The lowest BCUT2D eigenvalue weighted by Gasteiger charge is -2.13. The van der Waals surface area contributed by atoms with E-state index in [2.05, 4.69) is 4.72 Å². The largest absolute Gasteiger partial charge is 0.504 e. The zero-order valence-corrected chi connectivity index (χ0v) is 16.6. The van der Waals surface area contributed by atoms with Crippen molar-refractivity contribution in [3.05, 3.63) is 35.3 Å². The number of urea groups is 1. The Bertz CT molecular complexity index is 1130. The first-order chi connectivity index (χ1) is 13.8. The van der Waals surface area contributed by atoms with Crippen molar-refractivity contribution in [3.8, 4) is 17.2 Å². The van der Waals surface area contributed by atoms with Gasteiger partial charge >= 0.3 is 6.03 Å². The molecule has 4 rings (SSSR count). The number of hydrogen-bond acceptors (Lipinski definition) is 8. The zero-order chi connectivity index (χ0) is 20.8. The maximum Gasteiger partial charge on any atom is 0.331 e. The Morgan fingerprint density at radius 2 is 2.03 bits per heavy atom. The van der Waals surface area contributed by atoms with Gasteiger partial charge in [0.15, 0.2) is 11.5 Å². The Kier molecular flexibility index (Phi) is 4.59. The number of carbonyl (C=O) groups is 2. The van der Waals surface area contributed by atoms with Crippen molar-refractivity contribution in [1.82, 2.24) is 9.80 Å². The van der Waals surface area contributed by atoms with Gasteiger partial charge in [-0.1, -0.05) is 6.07 Å². The third-order valence-corrected chi connectivity index (χ3v) is 6.99. The number of thiophene rings is 1. The molecule has 10 nitrogen and oxygen atoms in total. The minimum atomic E-state index is -3.87. The molecule has 2 aromatic rings. The minimum Gasteiger partial charge on any atom is -0.504 e. The second-order valence-corrected chi connectivity index (χ2v) is 9.04. The van der Waals surface area contributed by atoms with Crippen molar-refractivity contribution < 1.29 is 32.6 Å². The second kappa shape index (κ2) is 6.97. The van der Waals surface area contributed by atoms with Crippen molar-refractivity contribution in [2.45, 2.75) is 4.21 Å². The highest BCUT2D eigenvalue weighted by Crippen LogP contribution is 2.48. The summed E-state index contributed by atoms with van der Waals surface area (Å²) in [6.45, 7) is -0.250. The normalized spacial score (nSPS) is 16.3. The summed E-state index contributed by atoms with van der Waals surface area (Å²) in [6, 6.07) is 3.88. The smallest absolute Gasteiger partial charge is 0.331 e. The fourth-order valence-corrected chi connectivity index (χ4v) is 4.87. The van der Waals surface area contributed by atoms with Crippen LogP contribution < -0.4 is 14.2 Å². The summed E-state index contributed by atoms with van der Waals surface area (Å²) >= 11 is 1.05. The highest BCUT2D eigenvalue weighted by Gasteiger charge is 2.32. The molecule has 0 spiro atoms. The average Bonchev–Trinajstić information content (AvgIpc) is 3.40. The van der Waals surface area contributed by atoms with Gasteiger partial charge in [0.1, 0.15) is 10.8 Å². The van der Waals surface area contributed by atoms with Crippen molar-refractivity contribution in [1.29, 1.82) is 0 Å². The Morgan fingerprint density at radius 1 is 1.28 bits per heavy atom. The van der Waals surface area contributed by atoms with E-state index in [9.17, 15) is 23.1 Å². The van der Waals surface area contributed by atoms with Gasteiger partial charge in [0, 0.05) is 18.8 Å². The maximum absolute atomic E-state index is 12.6. The van der Waals surface area contributed by atoms with Gasteiger partial charge in [0.25, 0.3) is 15.9 Å². The number of ether oxygens (including phenoxy) is 2. The average molecular weight is 437 g/mol. The van der Waals surface area contributed by atoms with Gasteiger partial charge in [-0.15, -0.1) is 11.3 Å². The molecule has 2 aliphatic rings. The molecule has 2 aliphatic heterocycles. The number of likely N-dealkylation sites (N-methyl/N-ethyl adjacent to an activating group) is 1. The van der Waals surface area contributed by atoms with Crippen molar-refractivity contribution in [3.63, 3.8) is 0 Å². The van der Waals surface area contributed by atoms with E-state index in [1.807, 2.05) is 0 Å². The summed E-state index contributed by atoms with van der Waals surface area (Å²) < 4.78 is 38.2. The molecule has 1 saturated heterocycles. The summed E-state index contributed by atoms with van der Waals surface area (Å²) in [6.07, 6.45) is 2.53. The third kappa shape index (κ3) is 3.36. The predicted octanol–water partition coefficient (Wildman–Crippen LogP) is 1.85. The molecule has 1 aromatic heterocycles. The number of rotatable bonds is 5. The molecule has 1 fully saturated rings. The molecule has 0 radical (unpaired) electrons. The molecule has 3 heterocycles. The van der Waals surface area contributed by atoms with Crippen LogP contribution in [0.5, 0.6) is 17.2 Å². The molecule has 12 heteroatoms. The van der Waals surface area contributed by atoms with E-state index < -0.39 is 22.0 Å². The molecular formula is C17H15N3O7S2. The minimum absolute atomic E-state index is 0.0350. The van der Waals surface area contributed by atoms with E-state index in [-0.39, 0.29) is 46.0 Å². The van der Waals surface area contributed by atoms with Crippen LogP contribution in [0.1, 0.15) is 5.56 Å². The highest BCUT2D eigenvalue weighted by molar-refractivity contribution is 7.94. The van der Waals surface area contributed by atoms with Crippen molar-refractivity contribution >= 4 is 45.1 Å². The van der Waals surface area contributed by atoms with Gasteiger partial charge < -0.3 is 19.5 Å². The first-order valence-electron chi connectivity index (χ1n) is 8.25. The number of nitrogens with one attached hydrogen (secondary N) is 1. The lowest BCUT2D eigenvalue weighted by Crippen LogP contribution is -2.26. The SMILES string of the molecule is CN1CC(=O)N(/C=C/c2cc(NS(=O)(=O)c3cccs3)c3c(c2O)OCO3)C1=O. The number of imide groups is 1. The molecule has 0 aliphatic carbocycles. The number of nitrogens with zero attached hydrogens (tertiary/aromatic N) is 2. The van der Waals surface area contributed by atoms with Crippen LogP contribution in [0.25, 0.3) is 6.08 Å². The van der Waals surface area contributed by atoms with Gasteiger partial charge in [-0.3, -0.25) is 9.52 Å². The third-order valence-electron chi connectivity index (χ3n) is 4.23. The summed E-state index contributed by atoms with van der Waals surface area (Å²) in [7, 11) is -2.39. The lowest BCUT2D eigenvalue weighted by atomic mass is 10.1. The van der Waals surface area contributed by atoms with Crippen LogP contribution >= 0.6 is 11.3 Å². The molecule has 1 aromatic carbocycles. The van der Waals surface area contributed by atoms with Crippen LogP contribution in [0.2, 0.25) is 0 Å². The molecule has 0 atom stereocenters. The number of sulfonamides is 1. The van der Waals surface area contributed by atoms with Gasteiger partial charge in [-0.25, -0.2) is 18.1 Å². The van der Waals surface area contributed by atoms with Crippen LogP contribution in [0.4, 0.5) is 10.5 Å². The van der Waals surface area contributed by atoms with Crippen molar-refractivity contribution in [2.75, 3.05) is 25.1 Å². The summed E-state index contributed by atoms with van der Waals surface area (Å²) in [5.41, 5.74) is 0.188. The van der Waals surface area contributed by atoms with Crippen LogP contribution in [0.15, 0.2) is 34.0 Å². The molecular weight excluding hydrogens is 422 g/mol. The number of hydrogen-bond donors (Lipinski definition) is 2. The quantitative estimate of drug-likeness (QED) is 0.540. The highest BCUT2D eigenvalue weighted by atomic mass is 32.2. The van der Waals surface area contributed by atoms with Crippen LogP contribution in [0, 0.1) is 0 Å². The van der Waals surface area contributed by atoms with E-state index in [4.69, 9.17) is 9.47 Å². The van der Waals surface area contributed by atoms with Gasteiger partial charge in [-0.05, 0) is 23.6 Å². The molecule has 0 unspecified atom stereocenters. The van der Waals surface area contributed by atoms with Crippen LogP contribution in [0.3, 0.4) is 0 Å². The molecule has 2 N–H and O–H groups in total. The van der Waals surface area contributed by atoms with Gasteiger partial charge in [0.2, 0.25) is 12.5 Å². The molecule has 0 saturated carbocycles. The number of benzene rings is 1. The number of amides is 3. The van der Waals surface area contributed by atoms with E-state index in [0.29, 0.717) is 0 Å². The number of aromatic hydroxyl groups is 1. The summed E-state index contributed by atoms with van der Waals surface area (Å²) in [4.78, 5) is 26.0. The van der Waals surface area contributed by atoms with E-state index >= 15 is 0 Å². The summed E-state index contributed by atoms with van der Waals surface area (Å²) in [5, 5.41) is 12.1. The fraction of sp³-hybridized carbons (Fsp3) is 0.176. The first kappa shape index (κ1) is 19.1. The van der Waals surface area contributed by atoms with E-state index in [1.165, 1.54) is 36.4 Å². The predicted molar refractivity (Wildman–Crippen MR) is 103 cm³/mol. The van der Waals surface area contributed by atoms with E-state index in [0.717, 1.165) is 16.2 Å². The summed E-state index contributed by atoms with van der Waals surface area (Å²) in [5.74, 6) is -0.715. The standard InChI is InChI=1S/C17H15N3O7S2/c1-19-8-12(21)20(17(19)23)5-4-10-7-11(15-16(14(10)22)27-9-26-15)18-29(24,25)13-3-2-6-28-13/h2-7,18,22H,8-9H2,1H3/b5-4+. The zero-order valence-electron chi connectivity index (χ0n) is 15.0. The van der Waals surface area contributed by atoms with Crippen LogP contribution in [-0.4, -0.2) is 55.6 Å². The number of anilines is 1. The monoisotopic (exact) mass is 437 g/mol. The number of phenolic OH excluding ortho intramolecular Hbond substituents is 1. The Labute approximate surface area is 169 Å². The number of phenols is 1. The first-order valence-corrected chi connectivity index (χ1v) is 10.6. The molecule has 0 bridgehead atoms. The van der Waals surface area contributed by atoms with Gasteiger partial charge in [-0.2, -0.15) is 0 Å². The topological polar surface area (TPSA) is 125 Å². The van der Waals surface area contributed by atoms with E-state index in [1.54, 1.807) is 11.4 Å². The fourth-order valence-electron chi connectivity index (χ4n) is 2.83. The Hall–Kier alpha value is -3.25.